The fraction of sp³-hybridized carbons (Fsp3) is 0.333. The summed E-state index contributed by atoms with van der Waals surface area (Å²) in [4.78, 5) is 23.9. The third-order valence-corrected chi connectivity index (χ3v) is 3.83. The second kappa shape index (κ2) is 5.21. The van der Waals surface area contributed by atoms with Crippen molar-refractivity contribution < 1.29 is 9.53 Å². The van der Waals surface area contributed by atoms with Gasteiger partial charge in [-0.1, -0.05) is 6.07 Å². The lowest BCUT2D eigenvalue weighted by atomic mass is 10.1. The van der Waals surface area contributed by atoms with E-state index in [1.54, 1.807) is 12.1 Å². The van der Waals surface area contributed by atoms with E-state index in [9.17, 15) is 9.59 Å². The fourth-order valence-corrected chi connectivity index (χ4v) is 2.80. The average molecular weight is 287 g/mol. The van der Waals surface area contributed by atoms with Gasteiger partial charge < -0.3 is 20.8 Å². The monoisotopic (exact) mass is 287 g/mol. The van der Waals surface area contributed by atoms with Gasteiger partial charge in [0, 0.05) is 25.0 Å². The first-order valence-corrected chi connectivity index (χ1v) is 6.91. The molecule has 0 saturated carbocycles. The van der Waals surface area contributed by atoms with Crippen LogP contribution in [0.2, 0.25) is 0 Å². The minimum atomic E-state index is -0.744. The summed E-state index contributed by atoms with van der Waals surface area (Å²) in [5.41, 5.74) is 11.8. The van der Waals surface area contributed by atoms with Gasteiger partial charge in [-0.15, -0.1) is 0 Å². The van der Waals surface area contributed by atoms with Crippen LogP contribution in [0.15, 0.2) is 29.2 Å². The van der Waals surface area contributed by atoms with Crippen molar-refractivity contribution >= 4 is 22.5 Å². The van der Waals surface area contributed by atoms with Gasteiger partial charge in [0.15, 0.2) is 0 Å². The molecule has 21 heavy (non-hydrogen) atoms. The van der Waals surface area contributed by atoms with Gasteiger partial charge in [0.05, 0.1) is 17.0 Å². The van der Waals surface area contributed by atoms with Crippen LogP contribution in [0.4, 0.5) is 5.69 Å². The molecule has 6 heteroatoms. The van der Waals surface area contributed by atoms with Crippen LogP contribution in [0.5, 0.6) is 0 Å². The number of ether oxygens (including phenoxy) is 1. The highest BCUT2D eigenvalue weighted by Gasteiger charge is 2.19. The zero-order valence-electron chi connectivity index (χ0n) is 11.5. The second-order valence-electron chi connectivity index (χ2n) is 5.26. The van der Waals surface area contributed by atoms with Crippen molar-refractivity contribution in [1.29, 1.82) is 0 Å². The zero-order valence-corrected chi connectivity index (χ0v) is 11.5. The Bertz CT molecular complexity index is 761. The number of nitrogens with two attached hydrogens (primary N) is 2. The Balaban J connectivity index is 2.22. The summed E-state index contributed by atoms with van der Waals surface area (Å²) in [6.07, 6.45) is 3.57. The van der Waals surface area contributed by atoms with Gasteiger partial charge in [0.25, 0.3) is 5.91 Å². The molecule has 1 aromatic heterocycles. The summed E-state index contributed by atoms with van der Waals surface area (Å²) in [7, 11) is 0. The lowest BCUT2D eigenvalue weighted by Gasteiger charge is -2.17. The maximum absolute atomic E-state index is 12.4. The summed E-state index contributed by atoms with van der Waals surface area (Å²) < 4.78 is 7.46. The molecule has 0 spiro atoms. The molecule has 1 aliphatic heterocycles. The Hall–Kier alpha value is -2.34. The van der Waals surface area contributed by atoms with Gasteiger partial charge in [-0.3, -0.25) is 9.59 Å². The van der Waals surface area contributed by atoms with Gasteiger partial charge >= 0.3 is 0 Å². The predicted molar refractivity (Wildman–Crippen MR) is 80.1 cm³/mol. The second-order valence-corrected chi connectivity index (χ2v) is 5.26. The number of rotatable bonds is 3. The highest BCUT2D eigenvalue weighted by molar-refractivity contribution is 5.99. The molecule has 6 nitrogen and oxygen atoms in total. The molecule has 0 aliphatic carbocycles. The van der Waals surface area contributed by atoms with Crippen LogP contribution in [-0.2, 0) is 11.3 Å². The van der Waals surface area contributed by atoms with E-state index < -0.39 is 11.3 Å². The van der Waals surface area contributed by atoms with E-state index in [1.807, 2.05) is 10.6 Å². The number of hydrogen-bond acceptors (Lipinski definition) is 4. The third-order valence-electron chi connectivity index (χ3n) is 3.83. The number of hydrogen-bond donors (Lipinski definition) is 2. The summed E-state index contributed by atoms with van der Waals surface area (Å²) in [5.74, 6) is -0.744. The third kappa shape index (κ3) is 2.38. The number of anilines is 1. The quantitative estimate of drug-likeness (QED) is 0.818. The summed E-state index contributed by atoms with van der Waals surface area (Å²) >= 11 is 0. The molecule has 1 amide bonds. The maximum atomic E-state index is 12.4. The molecule has 2 aromatic rings. The number of carbonyl (C=O) groups is 1. The Kier molecular flexibility index (Phi) is 3.39. The van der Waals surface area contributed by atoms with E-state index in [4.69, 9.17) is 16.2 Å². The van der Waals surface area contributed by atoms with Crippen LogP contribution in [0.1, 0.15) is 23.2 Å². The molecule has 1 saturated heterocycles. The van der Waals surface area contributed by atoms with Gasteiger partial charge in [0.2, 0.25) is 5.43 Å². The number of benzene rings is 1. The first-order valence-electron chi connectivity index (χ1n) is 6.91. The Morgan fingerprint density at radius 3 is 2.90 bits per heavy atom. The van der Waals surface area contributed by atoms with Crippen LogP contribution in [-0.4, -0.2) is 23.2 Å². The van der Waals surface area contributed by atoms with Crippen LogP contribution in [0.25, 0.3) is 10.9 Å². The standard InChI is InChI=1S/C15H17N3O3/c16-11-4-1-5-12-13(11)14(19)10(15(17)20)8-18(12)7-9-3-2-6-21-9/h1,4-5,8-9H,2-3,6-7,16H2,(H2,17,20). The highest BCUT2D eigenvalue weighted by atomic mass is 16.5. The Morgan fingerprint density at radius 2 is 2.24 bits per heavy atom. The van der Waals surface area contributed by atoms with Crippen LogP contribution < -0.4 is 16.9 Å². The molecule has 2 heterocycles. The highest BCUT2D eigenvalue weighted by Crippen LogP contribution is 2.21. The van der Waals surface area contributed by atoms with Crippen molar-refractivity contribution in [3.05, 3.63) is 40.2 Å². The molecule has 1 unspecified atom stereocenters. The molecule has 4 N–H and O–H groups in total. The molecular weight excluding hydrogens is 270 g/mol. The topological polar surface area (TPSA) is 100 Å². The number of carbonyl (C=O) groups excluding carboxylic acids is 1. The van der Waals surface area contributed by atoms with Crippen LogP contribution >= 0.6 is 0 Å². The maximum Gasteiger partial charge on any atom is 0.254 e. The zero-order chi connectivity index (χ0) is 15.0. The first kappa shape index (κ1) is 13.6. The summed E-state index contributed by atoms with van der Waals surface area (Å²) in [5, 5.41) is 0.340. The lowest BCUT2D eigenvalue weighted by Crippen LogP contribution is -2.26. The van der Waals surface area contributed by atoms with Gasteiger partial charge in [-0.2, -0.15) is 0 Å². The van der Waals surface area contributed by atoms with E-state index in [1.165, 1.54) is 6.20 Å². The van der Waals surface area contributed by atoms with E-state index in [0.29, 0.717) is 23.1 Å². The molecule has 0 radical (unpaired) electrons. The van der Waals surface area contributed by atoms with Gasteiger partial charge in [-0.05, 0) is 25.0 Å². The number of nitrogens with zero attached hydrogens (tertiary/aromatic N) is 1. The Labute approximate surface area is 121 Å². The molecule has 0 bridgehead atoms. The minimum Gasteiger partial charge on any atom is -0.398 e. The normalized spacial score (nSPS) is 18.2. The molecule has 1 atom stereocenters. The van der Waals surface area contributed by atoms with Crippen molar-refractivity contribution in [2.24, 2.45) is 5.73 Å². The van der Waals surface area contributed by atoms with E-state index in [-0.39, 0.29) is 11.7 Å². The van der Waals surface area contributed by atoms with Crippen molar-refractivity contribution in [3.8, 4) is 0 Å². The van der Waals surface area contributed by atoms with E-state index >= 15 is 0 Å². The van der Waals surface area contributed by atoms with Crippen molar-refractivity contribution in [2.45, 2.75) is 25.5 Å². The average Bonchev–Trinajstić information content (AvgIpc) is 2.94. The first-order chi connectivity index (χ1) is 10.1. The molecule has 1 aliphatic rings. The van der Waals surface area contributed by atoms with Crippen molar-refractivity contribution in [1.82, 2.24) is 4.57 Å². The van der Waals surface area contributed by atoms with Crippen LogP contribution in [0.3, 0.4) is 0 Å². The van der Waals surface area contributed by atoms with Gasteiger partial charge in [0.1, 0.15) is 5.56 Å². The van der Waals surface area contributed by atoms with Crippen molar-refractivity contribution in [3.63, 3.8) is 0 Å². The number of fused-ring (bicyclic) bond motifs is 1. The molecule has 3 rings (SSSR count). The summed E-state index contributed by atoms with van der Waals surface area (Å²) in [6.45, 7) is 1.31. The Morgan fingerprint density at radius 1 is 1.43 bits per heavy atom. The van der Waals surface area contributed by atoms with Gasteiger partial charge in [-0.25, -0.2) is 0 Å². The number of primary amides is 1. The van der Waals surface area contributed by atoms with E-state index in [0.717, 1.165) is 19.4 Å². The SMILES string of the molecule is NC(=O)c1cn(CC2CCCO2)c2cccc(N)c2c1=O. The minimum absolute atomic E-state index is 0.0432. The number of aromatic nitrogens is 1. The predicted octanol–water partition coefficient (Wildman–Crippen LogP) is 0.862. The number of pyridine rings is 1. The number of amides is 1. The summed E-state index contributed by atoms with van der Waals surface area (Å²) in [6, 6.07) is 5.24. The smallest absolute Gasteiger partial charge is 0.254 e. The van der Waals surface area contributed by atoms with Crippen LogP contribution in [0, 0.1) is 0 Å². The fourth-order valence-electron chi connectivity index (χ4n) is 2.80. The number of nitrogen functional groups attached to an aromatic ring is 1. The van der Waals surface area contributed by atoms with E-state index in [2.05, 4.69) is 0 Å². The largest absolute Gasteiger partial charge is 0.398 e. The van der Waals surface area contributed by atoms with Crippen molar-refractivity contribution in [2.75, 3.05) is 12.3 Å². The molecular formula is C15H17N3O3. The lowest BCUT2D eigenvalue weighted by molar-refractivity contribution is 0.0965. The molecule has 1 fully saturated rings. The molecule has 1 aromatic carbocycles. The molecule has 110 valence electrons.